The molecule has 12 heavy (non-hydrogen) atoms. The Hall–Kier alpha value is -0.0551. The SMILES string of the molecule is C[B][C@@H](C)O[C@@H](CO)[C@@H](C)NC. The van der Waals surface area contributed by atoms with Crippen molar-refractivity contribution in [1.82, 2.24) is 5.32 Å². The van der Waals surface area contributed by atoms with Crippen molar-refractivity contribution < 1.29 is 9.84 Å². The Kier molecular flexibility index (Phi) is 6.43. The minimum absolute atomic E-state index is 0.0557. The first-order valence-electron chi connectivity index (χ1n) is 4.38. The lowest BCUT2D eigenvalue weighted by Gasteiger charge is -2.25. The van der Waals surface area contributed by atoms with Crippen LogP contribution in [-0.2, 0) is 4.74 Å². The zero-order valence-electron chi connectivity index (χ0n) is 8.37. The van der Waals surface area contributed by atoms with Gasteiger partial charge in [0.2, 0.25) is 0 Å². The lowest BCUT2D eigenvalue weighted by molar-refractivity contribution is -0.0163. The van der Waals surface area contributed by atoms with Gasteiger partial charge in [0, 0.05) is 12.0 Å². The van der Waals surface area contributed by atoms with Crippen LogP contribution >= 0.6 is 0 Å². The van der Waals surface area contributed by atoms with Crippen LogP contribution in [0.2, 0.25) is 6.82 Å². The molecule has 0 aromatic heterocycles. The van der Waals surface area contributed by atoms with Crippen LogP contribution in [0.15, 0.2) is 0 Å². The van der Waals surface area contributed by atoms with E-state index in [1.54, 1.807) is 0 Å². The standard InChI is InChI=1S/C8H19BNO2/c1-6(10-4)8(5-11)12-7(2)9-3/h6-8,10-11H,5H2,1-4H3/t6-,7-,8+/m1/s1. The Labute approximate surface area is 75.7 Å². The normalized spacial score (nSPS) is 18.4. The van der Waals surface area contributed by atoms with Crippen LogP contribution in [0.3, 0.4) is 0 Å². The van der Waals surface area contributed by atoms with Gasteiger partial charge in [-0.05, 0) is 20.9 Å². The third-order valence-electron chi connectivity index (χ3n) is 2.05. The van der Waals surface area contributed by atoms with Gasteiger partial charge in [-0.25, -0.2) is 0 Å². The summed E-state index contributed by atoms with van der Waals surface area (Å²) >= 11 is 0. The Morgan fingerprint density at radius 3 is 2.42 bits per heavy atom. The third kappa shape index (κ3) is 4.09. The van der Waals surface area contributed by atoms with Crippen molar-refractivity contribution in [3.05, 3.63) is 0 Å². The molecule has 0 fully saturated rings. The van der Waals surface area contributed by atoms with E-state index in [-0.39, 0.29) is 24.8 Å². The van der Waals surface area contributed by atoms with Crippen LogP contribution in [0.1, 0.15) is 13.8 Å². The van der Waals surface area contributed by atoms with Crippen LogP contribution < -0.4 is 5.32 Å². The van der Waals surface area contributed by atoms with Crippen molar-refractivity contribution in [2.75, 3.05) is 13.7 Å². The summed E-state index contributed by atoms with van der Waals surface area (Å²) in [4.78, 5) is 0. The number of hydrogen-bond donors (Lipinski definition) is 2. The highest BCUT2D eigenvalue weighted by Gasteiger charge is 2.17. The highest BCUT2D eigenvalue weighted by atomic mass is 16.5. The first-order valence-corrected chi connectivity index (χ1v) is 4.38. The van der Waals surface area contributed by atoms with Gasteiger partial charge in [-0.15, -0.1) is 0 Å². The maximum absolute atomic E-state index is 8.99. The van der Waals surface area contributed by atoms with E-state index < -0.39 is 0 Å². The van der Waals surface area contributed by atoms with E-state index in [9.17, 15) is 0 Å². The van der Waals surface area contributed by atoms with Gasteiger partial charge in [-0.1, -0.05) is 6.82 Å². The molecular formula is C8H19BNO2. The monoisotopic (exact) mass is 172 g/mol. The molecule has 0 unspecified atom stereocenters. The van der Waals surface area contributed by atoms with Crippen molar-refractivity contribution in [2.24, 2.45) is 0 Å². The molecule has 0 saturated heterocycles. The van der Waals surface area contributed by atoms with Crippen molar-refractivity contribution in [3.63, 3.8) is 0 Å². The van der Waals surface area contributed by atoms with E-state index in [0.29, 0.717) is 0 Å². The predicted molar refractivity (Wildman–Crippen MR) is 51.6 cm³/mol. The fraction of sp³-hybridized carbons (Fsp3) is 1.00. The van der Waals surface area contributed by atoms with Crippen molar-refractivity contribution in [1.29, 1.82) is 0 Å². The molecule has 4 heteroatoms. The molecule has 0 saturated carbocycles. The van der Waals surface area contributed by atoms with Crippen LogP contribution in [-0.4, -0.2) is 44.2 Å². The highest BCUT2D eigenvalue weighted by Crippen LogP contribution is 2.01. The summed E-state index contributed by atoms with van der Waals surface area (Å²) in [5.74, 6) is 0. The van der Waals surface area contributed by atoms with E-state index in [1.165, 1.54) is 0 Å². The van der Waals surface area contributed by atoms with E-state index in [2.05, 4.69) is 5.32 Å². The van der Waals surface area contributed by atoms with Crippen LogP contribution in [0, 0.1) is 0 Å². The molecule has 0 bridgehead atoms. The number of nitrogens with one attached hydrogen (secondary N) is 1. The molecule has 0 aromatic rings. The summed E-state index contributed by atoms with van der Waals surface area (Å²) in [7, 11) is 3.82. The number of aliphatic hydroxyl groups is 1. The fourth-order valence-electron chi connectivity index (χ4n) is 0.859. The van der Waals surface area contributed by atoms with Gasteiger partial charge in [-0.3, -0.25) is 0 Å². The molecule has 0 aromatic carbocycles. The second kappa shape index (κ2) is 6.46. The van der Waals surface area contributed by atoms with Crippen molar-refractivity contribution in [3.8, 4) is 0 Å². The first kappa shape index (κ1) is 11.9. The summed E-state index contributed by atoms with van der Waals surface area (Å²) in [6.07, 6.45) is -0.124. The van der Waals surface area contributed by atoms with Gasteiger partial charge in [0.05, 0.1) is 12.7 Å². The molecule has 0 aliphatic heterocycles. The fourth-order valence-corrected chi connectivity index (χ4v) is 0.859. The van der Waals surface area contributed by atoms with Gasteiger partial charge in [0.25, 0.3) is 0 Å². The second-order valence-electron chi connectivity index (χ2n) is 2.97. The van der Waals surface area contributed by atoms with Crippen molar-refractivity contribution >= 4 is 7.28 Å². The van der Waals surface area contributed by atoms with E-state index in [0.717, 1.165) is 0 Å². The zero-order chi connectivity index (χ0) is 9.56. The van der Waals surface area contributed by atoms with E-state index in [4.69, 9.17) is 9.84 Å². The van der Waals surface area contributed by atoms with E-state index >= 15 is 0 Å². The molecule has 2 N–H and O–H groups in total. The summed E-state index contributed by atoms with van der Waals surface area (Å²) in [5, 5.41) is 12.0. The quantitative estimate of drug-likeness (QED) is 0.557. The Bertz CT molecular complexity index is 113. The number of likely N-dealkylation sites (N-methyl/N-ethyl adjacent to an activating group) is 1. The molecule has 0 heterocycles. The van der Waals surface area contributed by atoms with Gasteiger partial charge >= 0.3 is 0 Å². The number of hydrogen-bond acceptors (Lipinski definition) is 3. The Balaban J connectivity index is 3.81. The van der Waals surface area contributed by atoms with Gasteiger partial charge in [0.1, 0.15) is 7.28 Å². The molecule has 0 aliphatic carbocycles. The molecule has 0 amide bonds. The smallest absolute Gasteiger partial charge is 0.145 e. The van der Waals surface area contributed by atoms with Crippen LogP contribution in [0.5, 0.6) is 0 Å². The number of ether oxygens (including phenoxy) is 1. The van der Waals surface area contributed by atoms with Gasteiger partial charge in [0.15, 0.2) is 0 Å². The Morgan fingerprint density at radius 1 is 1.50 bits per heavy atom. The average molecular weight is 172 g/mol. The molecule has 3 nitrogen and oxygen atoms in total. The molecule has 0 rings (SSSR count). The lowest BCUT2D eigenvalue weighted by Crippen LogP contribution is -2.41. The summed E-state index contributed by atoms with van der Waals surface area (Å²) in [6, 6.07) is 0.273. The average Bonchev–Trinajstić information content (AvgIpc) is 2.12. The summed E-state index contributed by atoms with van der Waals surface area (Å²) in [5.41, 5.74) is 0. The first-order chi connectivity index (χ1) is 5.65. The summed E-state index contributed by atoms with van der Waals surface area (Å²) < 4.78 is 5.53. The van der Waals surface area contributed by atoms with Gasteiger partial charge in [-0.2, -0.15) is 0 Å². The lowest BCUT2D eigenvalue weighted by atomic mass is 9.75. The van der Waals surface area contributed by atoms with Gasteiger partial charge < -0.3 is 15.2 Å². The topological polar surface area (TPSA) is 41.5 Å². The molecule has 0 spiro atoms. The Morgan fingerprint density at radius 2 is 2.08 bits per heavy atom. The molecular weight excluding hydrogens is 153 g/mol. The van der Waals surface area contributed by atoms with Crippen molar-refractivity contribution in [2.45, 2.75) is 38.8 Å². The maximum atomic E-state index is 8.99. The minimum Gasteiger partial charge on any atom is -0.394 e. The molecule has 0 aliphatic rings. The largest absolute Gasteiger partial charge is 0.394 e. The minimum atomic E-state index is -0.124. The molecule has 71 valence electrons. The highest BCUT2D eigenvalue weighted by molar-refractivity contribution is 6.35. The van der Waals surface area contributed by atoms with Crippen LogP contribution in [0.25, 0.3) is 0 Å². The zero-order valence-corrected chi connectivity index (χ0v) is 8.37. The van der Waals surface area contributed by atoms with E-state index in [1.807, 2.05) is 35.0 Å². The predicted octanol–water partition coefficient (Wildman–Crippen LogP) is 0.0701. The summed E-state index contributed by atoms with van der Waals surface area (Å²) in [6.45, 7) is 5.96. The number of aliphatic hydroxyl groups excluding tert-OH is 1. The molecule has 3 atom stereocenters. The second-order valence-corrected chi connectivity index (χ2v) is 2.97. The maximum Gasteiger partial charge on any atom is 0.145 e. The number of rotatable bonds is 6. The molecule has 1 radical (unpaired) electrons. The third-order valence-corrected chi connectivity index (χ3v) is 2.05. The van der Waals surface area contributed by atoms with Crippen LogP contribution in [0.4, 0.5) is 0 Å².